The van der Waals surface area contributed by atoms with Gasteiger partial charge in [-0.1, -0.05) is 23.4 Å². The highest BCUT2D eigenvalue weighted by Crippen LogP contribution is 2.28. The third-order valence-electron chi connectivity index (χ3n) is 6.22. The molecule has 0 N–H and O–H groups in total. The third-order valence-corrected chi connectivity index (χ3v) is 6.22. The molecule has 0 aliphatic carbocycles. The number of hydrogen-bond acceptors (Lipinski definition) is 6. The molecule has 0 saturated carbocycles. The van der Waals surface area contributed by atoms with Crippen LogP contribution in [0.25, 0.3) is 0 Å². The van der Waals surface area contributed by atoms with Crippen LogP contribution in [-0.4, -0.2) is 53.5 Å². The number of benzene rings is 2. The van der Waals surface area contributed by atoms with E-state index in [2.05, 4.69) is 5.16 Å². The van der Waals surface area contributed by atoms with Gasteiger partial charge in [-0.15, -0.1) is 0 Å². The normalized spacial score (nSPS) is 15.8. The van der Waals surface area contributed by atoms with Gasteiger partial charge in [0.2, 0.25) is 5.91 Å². The first-order valence-electron chi connectivity index (χ1n) is 11.2. The Morgan fingerprint density at radius 2 is 1.85 bits per heavy atom. The number of rotatable bonds is 6. The second-order valence-corrected chi connectivity index (χ2v) is 8.37. The molecule has 1 saturated heterocycles. The number of nitrogens with zero attached hydrogens (tertiary/aromatic N) is 3. The van der Waals surface area contributed by atoms with E-state index in [1.807, 2.05) is 55.1 Å². The molecule has 2 amide bonds. The van der Waals surface area contributed by atoms with Crippen molar-refractivity contribution in [1.82, 2.24) is 15.0 Å². The van der Waals surface area contributed by atoms with Crippen molar-refractivity contribution >= 4 is 11.8 Å². The molecular weight excluding hydrogens is 434 g/mol. The van der Waals surface area contributed by atoms with E-state index in [-0.39, 0.29) is 17.9 Å². The van der Waals surface area contributed by atoms with Gasteiger partial charge in [-0.25, -0.2) is 0 Å². The van der Waals surface area contributed by atoms with E-state index >= 15 is 0 Å². The van der Waals surface area contributed by atoms with Crippen molar-refractivity contribution in [3.05, 3.63) is 76.7 Å². The number of aromatic nitrogens is 1. The monoisotopic (exact) mass is 463 g/mol. The van der Waals surface area contributed by atoms with Gasteiger partial charge in [-0.05, 0) is 49.7 Å². The fraction of sp³-hybridized carbons (Fsp3) is 0.346. The van der Waals surface area contributed by atoms with Crippen LogP contribution in [0.1, 0.15) is 45.9 Å². The number of hydrogen-bond donors (Lipinski definition) is 0. The van der Waals surface area contributed by atoms with E-state index < -0.39 is 0 Å². The molecule has 2 heterocycles. The molecule has 4 rings (SSSR count). The minimum atomic E-state index is -0.222. The Kier molecular flexibility index (Phi) is 6.86. The lowest BCUT2D eigenvalue weighted by Crippen LogP contribution is -2.51. The lowest BCUT2D eigenvalue weighted by atomic mass is 10.0. The van der Waals surface area contributed by atoms with Crippen molar-refractivity contribution in [2.24, 2.45) is 0 Å². The fourth-order valence-electron chi connectivity index (χ4n) is 4.22. The van der Waals surface area contributed by atoms with Crippen molar-refractivity contribution in [2.75, 3.05) is 26.7 Å². The molecule has 1 fully saturated rings. The summed E-state index contributed by atoms with van der Waals surface area (Å²) in [7, 11) is 1.62. The molecule has 1 aliphatic rings. The molecule has 3 aromatic rings. The van der Waals surface area contributed by atoms with Crippen LogP contribution in [0.5, 0.6) is 11.5 Å². The Morgan fingerprint density at radius 1 is 1.09 bits per heavy atom. The minimum absolute atomic E-state index is 0.0114. The third kappa shape index (κ3) is 4.90. The molecule has 0 spiro atoms. The molecular formula is C26H29N3O5. The quantitative estimate of drug-likeness (QED) is 0.551. The van der Waals surface area contributed by atoms with E-state index in [1.165, 1.54) is 0 Å². The minimum Gasteiger partial charge on any atom is -0.497 e. The van der Waals surface area contributed by atoms with Crippen LogP contribution < -0.4 is 9.47 Å². The maximum Gasteiger partial charge on any atom is 0.254 e. The summed E-state index contributed by atoms with van der Waals surface area (Å²) < 4.78 is 16.3. The SMILES string of the molecule is COc1ccc([C@H]2CN(C(=O)c3cccc(OCc4c(C)noc4C)c3)CCN2C(C)=O)cc1. The van der Waals surface area contributed by atoms with Crippen LogP contribution in [0.2, 0.25) is 0 Å². The second-order valence-electron chi connectivity index (χ2n) is 8.37. The highest BCUT2D eigenvalue weighted by atomic mass is 16.5. The number of methoxy groups -OCH3 is 1. The summed E-state index contributed by atoms with van der Waals surface area (Å²) in [5.74, 6) is 1.96. The van der Waals surface area contributed by atoms with Gasteiger partial charge < -0.3 is 23.8 Å². The standard InChI is InChI=1S/C26H29N3O5/c1-17-24(18(2)34-27-17)16-33-23-7-5-6-21(14-23)26(31)28-12-13-29(19(3)30)25(15-28)20-8-10-22(32-4)11-9-20/h5-11,14,25H,12-13,15-16H2,1-4H3/t25-/m1/s1. The van der Waals surface area contributed by atoms with Crippen LogP contribution in [-0.2, 0) is 11.4 Å². The van der Waals surface area contributed by atoms with Crippen molar-refractivity contribution in [3.8, 4) is 11.5 Å². The van der Waals surface area contributed by atoms with Crippen LogP contribution in [0.3, 0.4) is 0 Å². The van der Waals surface area contributed by atoms with Crippen LogP contribution >= 0.6 is 0 Å². The fourth-order valence-corrected chi connectivity index (χ4v) is 4.22. The van der Waals surface area contributed by atoms with Gasteiger partial charge in [-0.3, -0.25) is 9.59 Å². The van der Waals surface area contributed by atoms with Crippen LogP contribution in [0.15, 0.2) is 53.1 Å². The molecule has 0 bridgehead atoms. The van der Waals surface area contributed by atoms with Gasteiger partial charge in [0, 0.05) is 32.1 Å². The van der Waals surface area contributed by atoms with Gasteiger partial charge >= 0.3 is 0 Å². The maximum absolute atomic E-state index is 13.4. The van der Waals surface area contributed by atoms with E-state index in [0.717, 1.165) is 28.3 Å². The summed E-state index contributed by atoms with van der Waals surface area (Å²) in [6.45, 7) is 6.95. The summed E-state index contributed by atoms with van der Waals surface area (Å²) >= 11 is 0. The van der Waals surface area contributed by atoms with E-state index in [1.54, 1.807) is 31.1 Å². The predicted octanol–water partition coefficient (Wildman–Crippen LogP) is 3.92. The van der Waals surface area contributed by atoms with Gasteiger partial charge in [0.05, 0.1) is 24.4 Å². The van der Waals surface area contributed by atoms with Gasteiger partial charge in [0.15, 0.2) is 0 Å². The molecule has 0 unspecified atom stereocenters. The Bertz CT molecular complexity index is 1150. The summed E-state index contributed by atoms with van der Waals surface area (Å²) in [5, 5.41) is 3.94. The van der Waals surface area contributed by atoms with Gasteiger partial charge in [-0.2, -0.15) is 0 Å². The molecule has 8 heteroatoms. The van der Waals surface area contributed by atoms with E-state index in [9.17, 15) is 9.59 Å². The number of carbonyl (C=O) groups excluding carboxylic acids is 2. The topological polar surface area (TPSA) is 85.1 Å². The summed E-state index contributed by atoms with van der Waals surface area (Å²) in [6, 6.07) is 14.6. The lowest BCUT2D eigenvalue weighted by molar-refractivity contribution is -0.133. The Labute approximate surface area is 199 Å². The second kappa shape index (κ2) is 9.99. The Hall–Kier alpha value is -3.81. The smallest absolute Gasteiger partial charge is 0.254 e. The molecule has 1 atom stereocenters. The molecule has 1 aliphatic heterocycles. The maximum atomic E-state index is 13.4. The van der Waals surface area contributed by atoms with Crippen molar-refractivity contribution < 1.29 is 23.6 Å². The Morgan fingerprint density at radius 3 is 2.50 bits per heavy atom. The number of carbonyl (C=O) groups is 2. The zero-order valence-corrected chi connectivity index (χ0v) is 19.9. The summed E-state index contributed by atoms with van der Waals surface area (Å²) in [5.41, 5.74) is 3.20. The first-order chi connectivity index (χ1) is 16.4. The predicted molar refractivity (Wildman–Crippen MR) is 126 cm³/mol. The molecule has 8 nitrogen and oxygen atoms in total. The highest BCUT2D eigenvalue weighted by Gasteiger charge is 2.32. The number of piperazine rings is 1. The number of aryl methyl sites for hydroxylation is 2. The molecule has 34 heavy (non-hydrogen) atoms. The zero-order valence-electron chi connectivity index (χ0n) is 19.9. The lowest BCUT2D eigenvalue weighted by Gasteiger charge is -2.41. The largest absolute Gasteiger partial charge is 0.497 e. The first kappa shape index (κ1) is 23.4. The molecule has 0 radical (unpaired) electrons. The molecule has 1 aromatic heterocycles. The summed E-state index contributed by atoms with van der Waals surface area (Å²) in [6.07, 6.45) is 0. The van der Waals surface area contributed by atoms with Crippen molar-refractivity contribution in [3.63, 3.8) is 0 Å². The highest BCUT2D eigenvalue weighted by molar-refractivity contribution is 5.94. The van der Waals surface area contributed by atoms with Gasteiger partial charge in [0.1, 0.15) is 23.9 Å². The first-order valence-corrected chi connectivity index (χ1v) is 11.2. The molecule has 2 aromatic carbocycles. The van der Waals surface area contributed by atoms with Gasteiger partial charge in [0.25, 0.3) is 5.91 Å². The van der Waals surface area contributed by atoms with Crippen LogP contribution in [0, 0.1) is 13.8 Å². The number of amides is 2. The van der Waals surface area contributed by atoms with E-state index in [4.69, 9.17) is 14.0 Å². The van der Waals surface area contributed by atoms with Crippen LogP contribution in [0.4, 0.5) is 0 Å². The van der Waals surface area contributed by atoms with Crippen molar-refractivity contribution in [2.45, 2.75) is 33.4 Å². The summed E-state index contributed by atoms with van der Waals surface area (Å²) in [4.78, 5) is 29.3. The Balaban J connectivity index is 1.49. The zero-order chi connectivity index (χ0) is 24.2. The average Bonchev–Trinajstić information content (AvgIpc) is 3.18. The van der Waals surface area contributed by atoms with E-state index in [0.29, 0.717) is 37.6 Å². The molecule has 178 valence electrons. The average molecular weight is 464 g/mol. The van der Waals surface area contributed by atoms with Crippen molar-refractivity contribution in [1.29, 1.82) is 0 Å². The number of ether oxygens (including phenoxy) is 2.